The summed E-state index contributed by atoms with van der Waals surface area (Å²) in [5, 5.41) is 10.3. The monoisotopic (exact) mass is 843 g/mol. The molecular weight excluding hydrogens is 757 g/mol. The Labute approximate surface area is 353 Å². The van der Waals surface area contributed by atoms with Gasteiger partial charge in [-0.25, -0.2) is 14.3 Å². The predicted octanol–water partition coefficient (Wildman–Crippen LogP) is 10.7. The molecule has 7 unspecified atom stereocenters. The zero-order valence-corrected chi connectivity index (χ0v) is 38.2. The van der Waals surface area contributed by atoms with Crippen molar-refractivity contribution in [2.75, 3.05) is 54.1 Å². The summed E-state index contributed by atoms with van der Waals surface area (Å²) in [6.45, 7) is 5.26. The molecule has 2 fully saturated rings. The number of rotatable bonds is 38. The maximum Gasteiger partial charge on any atom is 0.472 e. The number of quaternary nitrogens is 1. The summed E-state index contributed by atoms with van der Waals surface area (Å²) in [6, 6.07) is 0. The van der Waals surface area contributed by atoms with Crippen LogP contribution < -0.4 is 0 Å². The number of phosphoric ester groups is 1. The minimum Gasteiger partial charge on any atom is -0.457 e. The van der Waals surface area contributed by atoms with Gasteiger partial charge in [0.1, 0.15) is 25.4 Å². The quantitative estimate of drug-likeness (QED) is 0.0155. The van der Waals surface area contributed by atoms with Gasteiger partial charge in [-0.05, 0) is 38.5 Å². The van der Waals surface area contributed by atoms with Crippen molar-refractivity contribution in [2.24, 2.45) is 11.8 Å². The van der Waals surface area contributed by atoms with E-state index in [1.165, 1.54) is 89.9 Å². The summed E-state index contributed by atoms with van der Waals surface area (Å²) < 4.78 is 35.1. The fourth-order valence-electron chi connectivity index (χ4n) is 7.46. The minimum absolute atomic E-state index is 0.0108. The van der Waals surface area contributed by atoms with Crippen LogP contribution in [0.5, 0.6) is 0 Å². The van der Waals surface area contributed by atoms with Crippen molar-refractivity contribution >= 4 is 13.8 Å². The number of esters is 1. The third-order valence-electron chi connectivity index (χ3n) is 11.0. The van der Waals surface area contributed by atoms with Crippen molar-refractivity contribution in [2.45, 2.75) is 186 Å². The highest BCUT2D eigenvalue weighted by molar-refractivity contribution is 7.47. The van der Waals surface area contributed by atoms with Crippen molar-refractivity contribution < 1.29 is 52.1 Å². The van der Waals surface area contributed by atoms with Crippen LogP contribution in [0, 0.1) is 11.8 Å². The van der Waals surface area contributed by atoms with E-state index in [4.69, 9.17) is 28.3 Å². The van der Waals surface area contributed by atoms with Crippen molar-refractivity contribution in [3.05, 3.63) is 36.5 Å². The molecule has 0 amide bonds. The van der Waals surface area contributed by atoms with Crippen LogP contribution in [-0.4, -0.2) is 99.0 Å². The summed E-state index contributed by atoms with van der Waals surface area (Å²) in [7, 11) is 1.57. The Morgan fingerprint density at radius 1 is 0.776 bits per heavy atom. The molecule has 2 rings (SSSR count). The number of carbonyl (C=O) groups excluding carboxylic acids is 1. The third-order valence-corrected chi connectivity index (χ3v) is 12.0. The number of carbonyl (C=O) groups is 1. The average molecular weight is 843 g/mol. The average Bonchev–Trinajstić information content (AvgIpc) is 3.78. The van der Waals surface area contributed by atoms with Crippen LogP contribution >= 0.6 is 7.82 Å². The second-order valence-corrected chi connectivity index (χ2v) is 19.0. The highest BCUT2D eigenvalue weighted by Gasteiger charge is 2.49. The van der Waals surface area contributed by atoms with Crippen LogP contribution in [0.15, 0.2) is 36.5 Å². The lowest BCUT2D eigenvalue weighted by Gasteiger charge is -2.27. The van der Waals surface area contributed by atoms with E-state index in [1.54, 1.807) is 0 Å². The number of fused-ring (bicyclic) bond motifs is 2. The Bertz CT molecular complexity index is 1170. The molecule has 1 aliphatic carbocycles. The summed E-state index contributed by atoms with van der Waals surface area (Å²) in [5.74, 6) is 0.0578. The molecule has 2 bridgehead atoms. The van der Waals surface area contributed by atoms with Gasteiger partial charge in [-0.15, -0.1) is 0 Å². The second kappa shape index (κ2) is 32.3. The first kappa shape index (κ1) is 52.7. The molecule has 1 saturated carbocycles. The van der Waals surface area contributed by atoms with Gasteiger partial charge in [0.25, 0.3) is 0 Å². The number of allylic oxidation sites excluding steroid dienone is 3. The van der Waals surface area contributed by atoms with E-state index in [0.717, 1.165) is 32.1 Å². The second-order valence-electron chi connectivity index (χ2n) is 17.5. The van der Waals surface area contributed by atoms with E-state index < -0.39 is 26.0 Å². The first-order valence-electron chi connectivity index (χ1n) is 23.1. The van der Waals surface area contributed by atoms with E-state index in [2.05, 4.69) is 38.2 Å². The molecule has 2 N–H and O–H groups in total. The first-order chi connectivity index (χ1) is 27.9. The number of ether oxygens (including phenoxy) is 2. The number of likely N-dealkylation sites (N-methyl/N-ethyl adjacent to an activating group) is 1. The topological polar surface area (TPSA) is 130 Å². The lowest BCUT2D eigenvalue weighted by molar-refractivity contribution is -0.870. The van der Waals surface area contributed by atoms with Gasteiger partial charge in [0.05, 0.1) is 46.6 Å². The van der Waals surface area contributed by atoms with E-state index in [0.29, 0.717) is 36.9 Å². The number of phosphoric acid groups is 1. The van der Waals surface area contributed by atoms with Gasteiger partial charge in [0.15, 0.2) is 0 Å². The Hall–Kier alpha value is -1.40. The third kappa shape index (κ3) is 26.7. The molecule has 58 heavy (non-hydrogen) atoms. The molecule has 11 nitrogen and oxygen atoms in total. The highest BCUT2D eigenvalue weighted by atomic mass is 31.2. The number of aliphatic hydroxyl groups is 1. The zero-order valence-electron chi connectivity index (χ0n) is 37.3. The minimum atomic E-state index is -4.32. The van der Waals surface area contributed by atoms with E-state index in [1.807, 2.05) is 33.3 Å². The van der Waals surface area contributed by atoms with Gasteiger partial charge < -0.3 is 24.0 Å². The Morgan fingerprint density at radius 3 is 2.02 bits per heavy atom. The molecule has 12 heteroatoms. The van der Waals surface area contributed by atoms with Crippen molar-refractivity contribution in [1.29, 1.82) is 0 Å². The van der Waals surface area contributed by atoms with Crippen LogP contribution in [0.4, 0.5) is 0 Å². The summed E-state index contributed by atoms with van der Waals surface area (Å²) in [4.78, 5) is 34.1. The Balaban J connectivity index is 1.68. The van der Waals surface area contributed by atoms with E-state index in [-0.39, 0.29) is 50.3 Å². The van der Waals surface area contributed by atoms with Gasteiger partial charge in [-0.2, -0.15) is 0 Å². The lowest BCUT2D eigenvalue weighted by atomic mass is 9.89. The molecule has 0 aromatic carbocycles. The van der Waals surface area contributed by atoms with E-state index >= 15 is 0 Å². The molecule has 0 spiro atoms. The van der Waals surface area contributed by atoms with Gasteiger partial charge in [0.2, 0.25) is 0 Å². The molecule has 2 aliphatic rings. The number of aliphatic hydroxyl groups excluding tert-OH is 1. The standard InChI is InChI=1S/C46H84NO10P/c1-6-8-10-11-12-13-14-15-16-17-18-19-20-21-24-28-35-52-38-41(39-54-58(50,51)53-36-34-47(3,4)5)55-46(49)31-27-23-22-26-30-42-43(45-37-44(42)56-57-45)33-32-40(48)29-25-9-7-2/h9,22,25-26,32-33,40-45,48H,6-8,10-21,23-24,27-31,34-39H2,1-5H3/p+1/b25-9-,26-22-,33-32+. The number of unbranched alkanes of at least 4 members (excludes halogenated alkanes) is 16. The van der Waals surface area contributed by atoms with Crippen LogP contribution in [0.25, 0.3) is 0 Å². The number of hydrogen-bond acceptors (Lipinski definition) is 9. The van der Waals surface area contributed by atoms with Crippen LogP contribution in [-0.2, 0) is 37.7 Å². The molecule has 1 aliphatic heterocycles. The van der Waals surface area contributed by atoms with Gasteiger partial charge in [0, 0.05) is 31.3 Å². The molecule has 0 aromatic heterocycles. The maximum absolute atomic E-state index is 12.8. The molecule has 7 atom stereocenters. The van der Waals surface area contributed by atoms with Crippen LogP contribution in [0.1, 0.15) is 162 Å². The summed E-state index contributed by atoms with van der Waals surface area (Å²) >= 11 is 0. The van der Waals surface area contributed by atoms with Gasteiger partial charge >= 0.3 is 13.8 Å². The normalized spacial score (nSPS) is 21.8. The Kier molecular flexibility index (Phi) is 29.4. The zero-order chi connectivity index (χ0) is 42.3. The van der Waals surface area contributed by atoms with Gasteiger partial charge in [-0.1, -0.05) is 147 Å². The molecule has 0 aromatic rings. The summed E-state index contributed by atoms with van der Waals surface area (Å²) in [6.07, 6.45) is 36.5. The van der Waals surface area contributed by atoms with Crippen LogP contribution in [0.2, 0.25) is 0 Å². The maximum atomic E-state index is 12.8. The molecule has 1 saturated heterocycles. The van der Waals surface area contributed by atoms with Gasteiger partial charge in [-0.3, -0.25) is 13.8 Å². The number of nitrogens with zero attached hydrogens (tertiary/aromatic N) is 1. The Morgan fingerprint density at radius 2 is 1.40 bits per heavy atom. The largest absolute Gasteiger partial charge is 0.472 e. The molecule has 338 valence electrons. The molecule has 0 radical (unpaired) electrons. The van der Waals surface area contributed by atoms with Crippen molar-refractivity contribution in [3.8, 4) is 0 Å². The lowest BCUT2D eigenvalue weighted by Crippen LogP contribution is -2.37. The molecule has 1 heterocycles. The molecular formula is C46H85NO10P+. The van der Waals surface area contributed by atoms with Crippen molar-refractivity contribution in [1.82, 2.24) is 0 Å². The summed E-state index contributed by atoms with van der Waals surface area (Å²) in [5.41, 5.74) is 0. The first-order valence-corrected chi connectivity index (χ1v) is 24.6. The van der Waals surface area contributed by atoms with Crippen molar-refractivity contribution in [3.63, 3.8) is 0 Å². The smallest absolute Gasteiger partial charge is 0.457 e. The predicted molar refractivity (Wildman–Crippen MR) is 233 cm³/mol. The fraction of sp³-hybridized carbons (Fsp3) is 0.848. The fourth-order valence-corrected chi connectivity index (χ4v) is 8.20. The SMILES string of the molecule is CC/C=C\CC(O)/C=C/C1C2CC(OO2)C1C/C=C\CCCC(=O)OC(COCCCCCCCCCCCCCCCCCC)COP(=O)(O)OCC[N+](C)(C)C. The van der Waals surface area contributed by atoms with E-state index in [9.17, 15) is 19.4 Å². The van der Waals surface area contributed by atoms with Crippen LogP contribution in [0.3, 0.4) is 0 Å². The number of hydrogen-bond donors (Lipinski definition) is 2. The highest BCUT2D eigenvalue weighted by Crippen LogP contribution is 2.45.